The van der Waals surface area contributed by atoms with Crippen molar-refractivity contribution in [2.45, 2.75) is 112 Å². The number of esters is 1. The van der Waals surface area contributed by atoms with Crippen LogP contribution < -0.4 is 0 Å². The molecule has 1 aliphatic rings. The number of epoxide rings is 1. The number of hydrogen-bond donors (Lipinski definition) is 0. The Bertz CT molecular complexity index is 666. The molecule has 0 aromatic heterocycles. The third-order valence-corrected chi connectivity index (χ3v) is 16.8. The second-order valence-electron chi connectivity index (χ2n) is 13.3. The summed E-state index contributed by atoms with van der Waals surface area (Å²) in [4.78, 5) is 11.9. The molecule has 0 aromatic rings. The van der Waals surface area contributed by atoms with Crippen molar-refractivity contribution in [1.29, 1.82) is 0 Å². The van der Waals surface area contributed by atoms with Crippen LogP contribution in [-0.2, 0) is 48.1 Å². The number of carbonyl (C=O) groups is 1. The normalized spacial score (nSPS) is 16.0. The first-order valence-corrected chi connectivity index (χ1v) is 25.5. The van der Waals surface area contributed by atoms with Crippen LogP contribution in [0.1, 0.15) is 40.5 Å². The Labute approximate surface area is 249 Å². The molecule has 227 valence electrons. The Morgan fingerprint density at radius 2 is 1.39 bits per heavy atom. The molecule has 1 rings (SSSR count). The molecule has 0 aromatic carbocycles. The van der Waals surface area contributed by atoms with Crippen LogP contribution >= 0.6 is 0 Å². The first kappa shape index (κ1) is 40.2. The van der Waals surface area contributed by atoms with Gasteiger partial charge in [-0.25, -0.2) is 0 Å². The molecule has 12 heteroatoms. The van der Waals surface area contributed by atoms with Gasteiger partial charge in [0, 0.05) is 6.04 Å². The predicted molar refractivity (Wildman–Crippen MR) is 163 cm³/mol. The largest absolute Gasteiger partial charge is 2.00 e. The Kier molecular flexibility index (Phi) is 17.5. The van der Waals surface area contributed by atoms with Gasteiger partial charge in [-0.3, -0.25) is 10.7 Å². The zero-order chi connectivity index (χ0) is 29.3. The number of hydrogen-bond acceptors (Lipinski definition) is 7. The van der Waals surface area contributed by atoms with Crippen molar-refractivity contribution in [1.82, 2.24) is 0 Å². The van der Waals surface area contributed by atoms with Crippen molar-refractivity contribution in [3.05, 3.63) is 25.2 Å². The van der Waals surface area contributed by atoms with Gasteiger partial charge < -0.3 is 33.5 Å². The summed E-state index contributed by atoms with van der Waals surface area (Å²) < 4.78 is 35.6. The molecule has 1 aliphatic heterocycles. The van der Waals surface area contributed by atoms with Gasteiger partial charge in [0.25, 0.3) is 0 Å². The van der Waals surface area contributed by atoms with Crippen LogP contribution in [0.2, 0.25) is 65.0 Å². The van der Waals surface area contributed by atoms with E-state index in [9.17, 15) is 4.79 Å². The van der Waals surface area contributed by atoms with Crippen LogP contribution in [0.15, 0.2) is 12.3 Å². The molecule has 0 amide bonds. The minimum absolute atomic E-state index is 0. The smallest absolute Gasteiger partial charge is 0.498 e. The van der Waals surface area contributed by atoms with E-state index in [0.29, 0.717) is 38.2 Å². The summed E-state index contributed by atoms with van der Waals surface area (Å²) in [7, 11) is -8.38. The predicted octanol–water partition coefficient (Wildman–Crippen LogP) is 7.19. The van der Waals surface area contributed by atoms with Crippen LogP contribution in [0, 0.1) is 18.3 Å². The van der Waals surface area contributed by atoms with Gasteiger partial charge in [-0.2, -0.15) is 13.3 Å². The van der Waals surface area contributed by atoms with Gasteiger partial charge >= 0.3 is 25.6 Å². The molecule has 1 unspecified atom stereocenters. The van der Waals surface area contributed by atoms with Crippen molar-refractivity contribution < 1.29 is 48.1 Å². The maximum Gasteiger partial charge on any atom is 2.00 e. The fourth-order valence-electron chi connectivity index (χ4n) is 2.89. The van der Waals surface area contributed by atoms with E-state index in [0.717, 1.165) is 18.3 Å². The monoisotopic (exact) mass is 651 g/mol. The first-order valence-electron chi connectivity index (χ1n) is 13.4. The molecule has 1 radical (unpaired) electrons. The molecule has 1 heterocycles. The van der Waals surface area contributed by atoms with Crippen molar-refractivity contribution in [3.8, 4) is 0 Å². The van der Waals surface area contributed by atoms with Crippen LogP contribution in [0.3, 0.4) is 0 Å². The molecule has 0 saturated carbocycles. The summed E-state index contributed by atoms with van der Waals surface area (Å²) in [6.07, 6.45) is 1.72. The maximum absolute atomic E-state index is 11.9. The fourth-order valence-corrected chi connectivity index (χ4v) is 17.5. The third-order valence-electron chi connectivity index (χ3n) is 4.72. The molecule has 0 spiro atoms. The Morgan fingerprint density at radius 1 is 0.974 bits per heavy atom. The van der Waals surface area contributed by atoms with E-state index in [-0.39, 0.29) is 28.2 Å². The standard InChI is InChI=1S/C17H41O5Si4.C9H15O2.Co/c1-12-16(2)17(18)19-14-13-15-26(20-23(3,4)5,21-24(6,7)8)22-25(9,10)11;1-7(9(2,3)4)10-5-8-6-11-8;/h12-15H2,1-11H3;8H,1-2,5-6H2,3-4H3;/q2*-1;+2. The topological polar surface area (TPSA) is 75.8 Å². The Balaban J connectivity index is 0. The number of ether oxygens (including phenoxy) is 3. The Morgan fingerprint density at radius 3 is 1.71 bits per heavy atom. The van der Waals surface area contributed by atoms with Gasteiger partial charge in [0.15, 0.2) is 30.9 Å². The summed E-state index contributed by atoms with van der Waals surface area (Å²) >= 11 is 0. The van der Waals surface area contributed by atoms with Crippen LogP contribution in [0.25, 0.3) is 0 Å². The van der Waals surface area contributed by atoms with Gasteiger partial charge in [0.05, 0.1) is 19.0 Å². The maximum atomic E-state index is 11.9. The zero-order valence-electron chi connectivity index (χ0n) is 26.4. The molecular formula is C26H56CoO7Si4. The van der Waals surface area contributed by atoms with E-state index >= 15 is 0 Å². The third kappa shape index (κ3) is 20.9. The van der Waals surface area contributed by atoms with Crippen molar-refractivity contribution in [2.24, 2.45) is 5.41 Å². The second-order valence-corrected chi connectivity index (χ2v) is 30.3. The number of rotatable bonds is 16. The summed E-state index contributed by atoms with van der Waals surface area (Å²) in [6.45, 7) is 36.8. The molecule has 1 atom stereocenters. The molecule has 1 fully saturated rings. The van der Waals surface area contributed by atoms with Crippen molar-refractivity contribution >= 4 is 39.7 Å². The Hall–Kier alpha value is 0.0940. The molecule has 0 aliphatic carbocycles. The summed E-state index contributed by atoms with van der Waals surface area (Å²) in [5.74, 6) is 1.28. The van der Waals surface area contributed by atoms with Gasteiger partial charge in [-0.1, -0.05) is 27.4 Å². The number of allylic oxidation sites excluding steroid dienone is 1. The van der Waals surface area contributed by atoms with Crippen LogP contribution in [-0.4, -0.2) is 65.7 Å². The molecule has 38 heavy (non-hydrogen) atoms. The van der Waals surface area contributed by atoms with Crippen molar-refractivity contribution in [3.63, 3.8) is 0 Å². The van der Waals surface area contributed by atoms with E-state index in [1.165, 1.54) is 0 Å². The van der Waals surface area contributed by atoms with Gasteiger partial charge in [0.2, 0.25) is 0 Å². The van der Waals surface area contributed by atoms with E-state index in [4.69, 9.17) is 26.6 Å². The summed E-state index contributed by atoms with van der Waals surface area (Å²) in [5, 5.41) is 0. The fraction of sp³-hybridized carbons (Fsp3) is 0.808. The number of carbonyl (C=O) groups excluding carboxylic acids is 1. The molecular weight excluding hydrogens is 596 g/mol. The molecule has 7 nitrogen and oxygen atoms in total. The molecule has 0 bridgehead atoms. The van der Waals surface area contributed by atoms with E-state index < -0.39 is 33.8 Å². The van der Waals surface area contributed by atoms with Gasteiger partial charge in [-0.15, -0.1) is 5.41 Å². The minimum atomic E-state index is -2.82. The van der Waals surface area contributed by atoms with Crippen LogP contribution in [0.4, 0.5) is 0 Å². The van der Waals surface area contributed by atoms with Crippen molar-refractivity contribution in [2.75, 3.05) is 19.8 Å². The first-order chi connectivity index (χ1) is 16.5. The minimum Gasteiger partial charge on any atom is -0.498 e. The van der Waals surface area contributed by atoms with Gasteiger partial charge in [-0.05, 0) is 65.3 Å². The summed E-state index contributed by atoms with van der Waals surface area (Å²) in [6, 6.07) is 0.699. The van der Waals surface area contributed by atoms with E-state index in [1.807, 2.05) is 27.7 Å². The van der Waals surface area contributed by atoms with E-state index in [1.54, 1.807) is 0 Å². The quantitative estimate of drug-likeness (QED) is 0.0437. The van der Waals surface area contributed by atoms with E-state index in [2.05, 4.69) is 72.4 Å². The van der Waals surface area contributed by atoms with Gasteiger partial charge in [0.1, 0.15) is 12.7 Å². The zero-order valence-corrected chi connectivity index (χ0v) is 31.5. The molecule has 0 N–H and O–H groups in total. The average molecular weight is 652 g/mol. The van der Waals surface area contributed by atoms with Crippen LogP contribution in [0.5, 0.6) is 0 Å². The second kappa shape index (κ2) is 16.5. The SMILES string of the molecule is C=C(OCC1CO1)C([CH2-])(C)C.CC[C-](C)C(=O)OCCC[Si](O[Si](C)(C)C)(O[Si](C)(C)C)O[Si](C)(C)C.[Co+2]. The molecule has 1 saturated heterocycles. The summed E-state index contributed by atoms with van der Waals surface area (Å²) in [5.41, 5.74) is -0.200. The average Bonchev–Trinajstić information content (AvgIpc) is 3.48.